The molecule has 0 radical (unpaired) electrons. The molecule has 0 saturated carbocycles. The third kappa shape index (κ3) is 2.19. The summed E-state index contributed by atoms with van der Waals surface area (Å²) in [6, 6.07) is 8.11. The molecule has 1 aliphatic heterocycles. The Kier molecular flexibility index (Phi) is 3.14. The van der Waals surface area contributed by atoms with Crippen LogP contribution in [0.4, 0.5) is 0 Å². The van der Waals surface area contributed by atoms with Gasteiger partial charge < -0.3 is 5.32 Å². The van der Waals surface area contributed by atoms with E-state index < -0.39 is 0 Å². The second-order valence-electron chi connectivity index (χ2n) is 3.09. The summed E-state index contributed by atoms with van der Waals surface area (Å²) in [5, 5.41) is 4.80. The maximum atomic E-state index is 6.12. The van der Waals surface area contributed by atoms with Gasteiger partial charge in [-0.15, -0.1) is 0 Å². The van der Waals surface area contributed by atoms with Crippen LogP contribution in [0.15, 0.2) is 24.3 Å². The van der Waals surface area contributed by atoms with Gasteiger partial charge in [0.05, 0.1) is 0 Å². The Hall–Kier alpha value is -0.180. The first-order chi connectivity index (χ1) is 6.38. The van der Waals surface area contributed by atoms with Gasteiger partial charge in [0.15, 0.2) is 0 Å². The molecule has 13 heavy (non-hydrogen) atoms. The molecular formula is C10H12ClNS. The summed E-state index contributed by atoms with van der Waals surface area (Å²) in [5.74, 6) is 1.18. The number of rotatable bonds is 1. The quantitative estimate of drug-likeness (QED) is 0.770. The van der Waals surface area contributed by atoms with Gasteiger partial charge in [0.1, 0.15) is 0 Å². The fraction of sp³-hybridized carbons (Fsp3) is 0.400. The number of benzene rings is 1. The first-order valence-corrected chi connectivity index (χ1v) is 5.87. The normalized spacial score (nSPS) is 23.0. The molecule has 1 fully saturated rings. The van der Waals surface area contributed by atoms with Gasteiger partial charge in [-0.3, -0.25) is 0 Å². The van der Waals surface area contributed by atoms with E-state index in [1.165, 1.54) is 11.3 Å². The highest BCUT2D eigenvalue weighted by Crippen LogP contribution is 2.34. The van der Waals surface area contributed by atoms with Crippen molar-refractivity contribution in [2.45, 2.75) is 5.25 Å². The lowest BCUT2D eigenvalue weighted by molar-refractivity contribution is 0.689. The molecule has 1 N–H and O–H groups in total. The Morgan fingerprint density at radius 2 is 2.23 bits per heavy atom. The van der Waals surface area contributed by atoms with Gasteiger partial charge in [0.2, 0.25) is 0 Å². The number of nitrogens with one attached hydrogen (secondary N) is 1. The van der Waals surface area contributed by atoms with Crippen molar-refractivity contribution in [3.05, 3.63) is 34.9 Å². The van der Waals surface area contributed by atoms with Crippen LogP contribution >= 0.6 is 23.4 Å². The summed E-state index contributed by atoms with van der Waals surface area (Å²) in [7, 11) is 0. The predicted molar refractivity (Wildman–Crippen MR) is 59.5 cm³/mol. The van der Waals surface area contributed by atoms with Crippen LogP contribution in [0.2, 0.25) is 5.02 Å². The van der Waals surface area contributed by atoms with Crippen LogP contribution in [0.1, 0.15) is 10.8 Å². The number of hydrogen-bond acceptors (Lipinski definition) is 2. The first-order valence-electron chi connectivity index (χ1n) is 4.44. The standard InChI is InChI=1S/C10H12ClNS/c11-9-4-2-1-3-8(9)10-7-12-5-6-13-10/h1-4,10,12H,5-7H2/t10-/m1/s1. The van der Waals surface area contributed by atoms with Gasteiger partial charge in [-0.25, -0.2) is 0 Å². The molecule has 1 nitrogen and oxygen atoms in total. The van der Waals surface area contributed by atoms with E-state index in [-0.39, 0.29) is 0 Å². The molecule has 1 atom stereocenters. The van der Waals surface area contributed by atoms with Crippen LogP contribution in [0, 0.1) is 0 Å². The number of halogens is 1. The molecule has 1 saturated heterocycles. The van der Waals surface area contributed by atoms with E-state index in [9.17, 15) is 0 Å². The third-order valence-electron chi connectivity index (χ3n) is 2.18. The molecule has 1 aromatic carbocycles. The van der Waals surface area contributed by atoms with Crippen LogP contribution in [0.3, 0.4) is 0 Å². The van der Waals surface area contributed by atoms with E-state index in [1.54, 1.807) is 0 Å². The summed E-state index contributed by atoms with van der Waals surface area (Å²) in [6.45, 7) is 2.15. The smallest absolute Gasteiger partial charge is 0.0449 e. The van der Waals surface area contributed by atoms with Crippen LogP contribution in [0.5, 0.6) is 0 Å². The zero-order valence-electron chi connectivity index (χ0n) is 7.29. The Balaban J connectivity index is 2.18. The molecule has 2 rings (SSSR count). The van der Waals surface area contributed by atoms with Crippen molar-refractivity contribution < 1.29 is 0 Å². The van der Waals surface area contributed by atoms with Crippen molar-refractivity contribution in [2.24, 2.45) is 0 Å². The molecule has 3 heteroatoms. The van der Waals surface area contributed by atoms with Crippen molar-refractivity contribution in [1.82, 2.24) is 5.32 Å². The Morgan fingerprint density at radius 1 is 1.38 bits per heavy atom. The molecule has 0 spiro atoms. The van der Waals surface area contributed by atoms with Crippen molar-refractivity contribution in [1.29, 1.82) is 0 Å². The summed E-state index contributed by atoms with van der Waals surface area (Å²) >= 11 is 8.10. The van der Waals surface area contributed by atoms with Gasteiger partial charge in [-0.2, -0.15) is 11.8 Å². The van der Waals surface area contributed by atoms with Crippen LogP contribution < -0.4 is 5.32 Å². The van der Waals surface area contributed by atoms with E-state index in [4.69, 9.17) is 11.6 Å². The molecule has 0 unspecified atom stereocenters. The van der Waals surface area contributed by atoms with Gasteiger partial charge in [-0.05, 0) is 11.6 Å². The average Bonchev–Trinajstić information content (AvgIpc) is 2.20. The fourth-order valence-electron chi connectivity index (χ4n) is 1.50. The molecule has 0 amide bonds. The number of thioether (sulfide) groups is 1. The highest BCUT2D eigenvalue weighted by Gasteiger charge is 2.17. The Labute approximate surface area is 87.9 Å². The number of hydrogen-bond donors (Lipinski definition) is 1. The highest BCUT2D eigenvalue weighted by atomic mass is 35.5. The van der Waals surface area contributed by atoms with E-state index in [0.29, 0.717) is 5.25 Å². The average molecular weight is 214 g/mol. The predicted octanol–water partition coefficient (Wildman–Crippen LogP) is 2.72. The zero-order chi connectivity index (χ0) is 9.10. The summed E-state index contributed by atoms with van der Waals surface area (Å²) in [4.78, 5) is 0. The highest BCUT2D eigenvalue weighted by molar-refractivity contribution is 7.99. The SMILES string of the molecule is Clc1ccccc1[C@H]1CNCCS1. The van der Waals surface area contributed by atoms with Gasteiger partial charge >= 0.3 is 0 Å². The van der Waals surface area contributed by atoms with Crippen molar-refractivity contribution in [3.63, 3.8) is 0 Å². The Morgan fingerprint density at radius 3 is 2.92 bits per heavy atom. The van der Waals surface area contributed by atoms with Crippen molar-refractivity contribution in [2.75, 3.05) is 18.8 Å². The molecule has 1 aromatic rings. The lowest BCUT2D eigenvalue weighted by Crippen LogP contribution is -2.28. The molecule has 0 bridgehead atoms. The molecule has 1 heterocycles. The first kappa shape index (κ1) is 9.38. The lowest BCUT2D eigenvalue weighted by Gasteiger charge is -2.23. The fourth-order valence-corrected chi connectivity index (χ4v) is 3.00. The minimum atomic E-state index is 0.530. The maximum absolute atomic E-state index is 6.12. The van der Waals surface area contributed by atoms with Gasteiger partial charge in [0, 0.05) is 29.1 Å². The molecule has 70 valence electrons. The Bertz CT molecular complexity index is 284. The molecule has 1 aliphatic rings. The second kappa shape index (κ2) is 4.36. The minimum absolute atomic E-state index is 0.530. The lowest BCUT2D eigenvalue weighted by atomic mass is 10.1. The van der Waals surface area contributed by atoms with Crippen LogP contribution in [0.25, 0.3) is 0 Å². The largest absolute Gasteiger partial charge is 0.314 e. The summed E-state index contributed by atoms with van der Waals surface area (Å²) < 4.78 is 0. The van der Waals surface area contributed by atoms with Crippen molar-refractivity contribution >= 4 is 23.4 Å². The second-order valence-corrected chi connectivity index (χ2v) is 4.80. The van der Waals surface area contributed by atoms with Crippen LogP contribution in [-0.4, -0.2) is 18.8 Å². The van der Waals surface area contributed by atoms with Crippen molar-refractivity contribution in [3.8, 4) is 0 Å². The summed E-state index contributed by atoms with van der Waals surface area (Å²) in [5.41, 5.74) is 1.27. The van der Waals surface area contributed by atoms with E-state index >= 15 is 0 Å². The van der Waals surface area contributed by atoms with E-state index in [2.05, 4.69) is 17.4 Å². The molecule has 0 aromatic heterocycles. The molecule has 0 aliphatic carbocycles. The third-order valence-corrected chi connectivity index (χ3v) is 3.79. The zero-order valence-corrected chi connectivity index (χ0v) is 8.87. The van der Waals surface area contributed by atoms with E-state index in [1.807, 2.05) is 23.9 Å². The minimum Gasteiger partial charge on any atom is -0.314 e. The van der Waals surface area contributed by atoms with E-state index in [0.717, 1.165) is 18.1 Å². The van der Waals surface area contributed by atoms with Gasteiger partial charge in [-0.1, -0.05) is 29.8 Å². The maximum Gasteiger partial charge on any atom is 0.0449 e. The summed E-state index contributed by atoms with van der Waals surface area (Å²) in [6.07, 6.45) is 0. The monoisotopic (exact) mass is 213 g/mol. The topological polar surface area (TPSA) is 12.0 Å². The molecular weight excluding hydrogens is 202 g/mol. The van der Waals surface area contributed by atoms with Gasteiger partial charge in [0.25, 0.3) is 0 Å². The van der Waals surface area contributed by atoms with Crippen LogP contribution in [-0.2, 0) is 0 Å².